The van der Waals surface area contributed by atoms with Gasteiger partial charge in [-0.15, -0.1) is 0 Å². The second-order valence-corrected chi connectivity index (χ2v) is 5.37. The number of aromatic nitrogens is 3. The van der Waals surface area contributed by atoms with Crippen LogP contribution in [0.4, 0.5) is 0 Å². The summed E-state index contributed by atoms with van der Waals surface area (Å²) in [6, 6.07) is 1.73. The van der Waals surface area contributed by atoms with Crippen LogP contribution in [-0.2, 0) is 9.53 Å². The van der Waals surface area contributed by atoms with Gasteiger partial charge in [0.15, 0.2) is 12.3 Å². The maximum atomic E-state index is 12.2. The van der Waals surface area contributed by atoms with Crippen molar-refractivity contribution in [2.24, 2.45) is 0 Å². The maximum absolute atomic E-state index is 12.2. The predicted octanol–water partition coefficient (Wildman–Crippen LogP) is 1.21. The van der Waals surface area contributed by atoms with Gasteiger partial charge in [-0.3, -0.25) is 4.79 Å². The minimum Gasteiger partial charge on any atom is -0.452 e. The van der Waals surface area contributed by atoms with Crippen LogP contribution in [0.15, 0.2) is 18.5 Å². The molecule has 0 unspecified atom stereocenters. The van der Waals surface area contributed by atoms with E-state index in [1.807, 2.05) is 0 Å². The predicted molar refractivity (Wildman–Crippen MR) is 78.4 cm³/mol. The lowest BCUT2D eigenvalue weighted by molar-refractivity contribution is -0.135. The van der Waals surface area contributed by atoms with Gasteiger partial charge in [0.1, 0.15) is 5.56 Å². The zero-order valence-electron chi connectivity index (χ0n) is 12.5. The first kappa shape index (κ1) is 14.5. The van der Waals surface area contributed by atoms with Crippen molar-refractivity contribution in [2.75, 3.05) is 19.7 Å². The number of ether oxygens (including phenoxy) is 1. The highest BCUT2D eigenvalue weighted by molar-refractivity contribution is 5.98. The van der Waals surface area contributed by atoms with Crippen molar-refractivity contribution in [1.29, 1.82) is 0 Å². The molecule has 3 heterocycles. The molecule has 0 aliphatic carbocycles. The number of piperidine rings is 1. The molecule has 2 aromatic heterocycles. The lowest BCUT2D eigenvalue weighted by Crippen LogP contribution is -2.38. The fourth-order valence-electron chi connectivity index (χ4n) is 2.67. The van der Waals surface area contributed by atoms with E-state index in [2.05, 4.69) is 10.1 Å². The average molecular weight is 302 g/mol. The Bertz CT molecular complexity index is 704. The molecule has 0 spiro atoms. The molecule has 1 aliphatic rings. The van der Waals surface area contributed by atoms with Crippen molar-refractivity contribution >= 4 is 17.5 Å². The molecule has 2 aromatic rings. The summed E-state index contributed by atoms with van der Waals surface area (Å²) < 4.78 is 6.69. The second-order valence-electron chi connectivity index (χ2n) is 5.37. The van der Waals surface area contributed by atoms with Gasteiger partial charge in [0.25, 0.3) is 5.91 Å². The Hall–Kier alpha value is -2.44. The van der Waals surface area contributed by atoms with Crippen LogP contribution >= 0.6 is 0 Å². The fourth-order valence-corrected chi connectivity index (χ4v) is 2.67. The SMILES string of the molecule is Cc1nn2cccnc2c1C(=O)OCC(=O)N1CCCCC1. The van der Waals surface area contributed by atoms with Crippen molar-refractivity contribution < 1.29 is 14.3 Å². The zero-order chi connectivity index (χ0) is 15.5. The molecule has 0 bridgehead atoms. The third kappa shape index (κ3) is 2.79. The number of esters is 1. The van der Waals surface area contributed by atoms with Gasteiger partial charge < -0.3 is 9.64 Å². The standard InChI is InChI=1S/C15H18N4O3/c1-11-13(14-16-6-5-9-19(14)17-11)15(21)22-10-12(20)18-7-3-2-4-8-18/h5-6,9H,2-4,7-8,10H2,1H3. The molecule has 116 valence electrons. The summed E-state index contributed by atoms with van der Waals surface area (Å²) in [5, 5.41) is 4.21. The molecule has 0 N–H and O–H groups in total. The first-order valence-electron chi connectivity index (χ1n) is 7.41. The number of hydrogen-bond donors (Lipinski definition) is 0. The van der Waals surface area contributed by atoms with Crippen LogP contribution in [0, 0.1) is 6.92 Å². The third-order valence-electron chi connectivity index (χ3n) is 3.81. The van der Waals surface area contributed by atoms with E-state index in [0.717, 1.165) is 32.4 Å². The molecule has 1 amide bonds. The van der Waals surface area contributed by atoms with Gasteiger partial charge in [0, 0.05) is 25.5 Å². The largest absolute Gasteiger partial charge is 0.452 e. The van der Waals surface area contributed by atoms with Gasteiger partial charge in [-0.2, -0.15) is 5.10 Å². The Balaban J connectivity index is 1.68. The van der Waals surface area contributed by atoms with E-state index in [1.54, 1.807) is 30.3 Å². The van der Waals surface area contributed by atoms with Crippen LogP contribution in [0.5, 0.6) is 0 Å². The zero-order valence-corrected chi connectivity index (χ0v) is 12.5. The van der Waals surface area contributed by atoms with Crippen LogP contribution in [0.2, 0.25) is 0 Å². The van der Waals surface area contributed by atoms with Crippen LogP contribution < -0.4 is 0 Å². The number of rotatable bonds is 3. The highest BCUT2D eigenvalue weighted by atomic mass is 16.5. The number of carbonyl (C=O) groups excluding carboxylic acids is 2. The molecule has 3 rings (SSSR count). The molecule has 7 nitrogen and oxygen atoms in total. The van der Waals surface area contributed by atoms with Crippen LogP contribution in [0.25, 0.3) is 5.65 Å². The lowest BCUT2D eigenvalue weighted by atomic mass is 10.1. The molecule has 1 aliphatic heterocycles. The molecule has 1 fully saturated rings. The van der Waals surface area contributed by atoms with Gasteiger partial charge in [0.05, 0.1) is 5.69 Å². The van der Waals surface area contributed by atoms with Crippen LogP contribution in [-0.4, -0.2) is 51.1 Å². The Kier molecular flexibility index (Phi) is 4.04. The number of likely N-dealkylation sites (tertiary alicyclic amines) is 1. The van der Waals surface area contributed by atoms with Crippen molar-refractivity contribution in [3.63, 3.8) is 0 Å². The first-order chi connectivity index (χ1) is 10.7. The monoisotopic (exact) mass is 302 g/mol. The highest BCUT2D eigenvalue weighted by Crippen LogP contribution is 2.14. The fraction of sp³-hybridized carbons (Fsp3) is 0.467. The molecule has 7 heteroatoms. The first-order valence-corrected chi connectivity index (χ1v) is 7.41. The summed E-state index contributed by atoms with van der Waals surface area (Å²) in [5.41, 5.74) is 1.29. The topological polar surface area (TPSA) is 76.8 Å². The summed E-state index contributed by atoms with van der Waals surface area (Å²) in [6.45, 7) is 2.97. The van der Waals surface area contributed by atoms with E-state index in [-0.39, 0.29) is 12.5 Å². The molecular formula is C15H18N4O3. The molecule has 1 saturated heterocycles. The van der Waals surface area contributed by atoms with Crippen molar-refractivity contribution in [1.82, 2.24) is 19.5 Å². The summed E-state index contributed by atoms with van der Waals surface area (Å²) in [4.78, 5) is 30.2. The lowest BCUT2D eigenvalue weighted by Gasteiger charge is -2.26. The Labute approximate surface area is 127 Å². The number of aryl methyl sites for hydroxylation is 1. The van der Waals surface area contributed by atoms with E-state index >= 15 is 0 Å². The van der Waals surface area contributed by atoms with E-state index in [1.165, 1.54) is 4.52 Å². The van der Waals surface area contributed by atoms with Crippen LogP contribution in [0.3, 0.4) is 0 Å². The van der Waals surface area contributed by atoms with Gasteiger partial charge >= 0.3 is 5.97 Å². The highest BCUT2D eigenvalue weighted by Gasteiger charge is 2.22. The normalized spacial score (nSPS) is 15.0. The van der Waals surface area contributed by atoms with Crippen molar-refractivity contribution in [2.45, 2.75) is 26.2 Å². The molecule has 0 atom stereocenters. The van der Waals surface area contributed by atoms with Crippen LogP contribution in [0.1, 0.15) is 35.3 Å². The molecule has 22 heavy (non-hydrogen) atoms. The Morgan fingerprint density at radius 3 is 2.82 bits per heavy atom. The molecule has 0 saturated carbocycles. The van der Waals surface area contributed by atoms with Gasteiger partial charge in [-0.1, -0.05) is 0 Å². The number of carbonyl (C=O) groups is 2. The number of hydrogen-bond acceptors (Lipinski definition) is 5. The number of amides is 1. The quantitative estimate of drug-likeness (QED) is 0.796. The van der Waals surface area contributed by atoms with E-state index < -0.39 is 5.97 Å². The summed E-state index contributed by atoms with van der Waals surface area (Å²) in [5.74, 6) is -0.702. The maximum Gasteiger partial charge on any atom is 0.344 e. The summed E-state index contributed by atoms with van der Waals surface area (Å²) in [7, 11) is 0. The number of fused-ring (bicyclic) bond motifs is 1. The van der Waals surface area contributed by atoms with Gasteiger partial charge in [-0.05, 0) is 32.3 Å². The molecular weight excluding hydrogens is 284 g/mol. The summed E-state index contributed by atoms with van der Waals surface area (Å²) in [6.07, 6.45) is 6.47. The van der Waals surface area contributed by atoms with E-state index in [0.29, 0.717) is 16.9 Å². The minimum atomic E-state index is -0.559. The Morgan fingerprint density at radius 1 is 1.27 bits per heavy atom. The molecule has 0 aromatic carbocycles. The smallest absolute Gasteiger partial charge is 0.344 e. The van der Waals surface area contributed by atoms with E-state index in [4.69, 9.17) is 4.74 Å². The van der Waals surface area contributed by atoms with Gasteiger partial charge in [0.2, 0.25) is 0 Å². The second kappa shape index (κ2) is 6.13. The van der Waals surface area contributed by atoms with Crippen molar-refractivity contribution in [3.05, 3.63) is 29.7 Å². The van der Waals surface area contributed by atoms with Gasteiger partial charge in [-0.25, -0.2) is 14.3 Å². The Morgan fingerprint density at radius 2 is 2.05 bits per heavy atom. The van der Waals surface area contributed by atoms with E-state index in [9.17, 15) is 9.59 Å². The average Bonchev–Trinajstić information content (AvgIpc) is 2.89. The third-order valence-corrected chi connectivity index (χ3v) is 3.81. The molecule has 0 radical (unpaired) electrons. The summed E-state index contributed by atoms with van der Waals surface area (Å²) >= 11 is 0. The number of nitrogens with zero attached hydrogens (tertiary/aromatic N) is 4. The minimum absolute atomic E-state index is 0.143. The van der Waals surface area contributed by atoms with Crippen molar-refractivity contribution in [3.8, 4) is 0 Å².